The Morgan fingerprint density at radius 2 is 2.08 bits per heavy atom. The third-order valence-electron chi connectivity index (χ3n) is 4.76. The second kappa shape index (κ2) is 8.32. The molecule has 0 saturated carbocycles. The smallest absolute Gasteiger partial charge is 0.116 e. The second-order valence-corrected chi connectivity index (χ2v) is 6.54. The molecule has 0 radical (unpaired) electrons. The maximum absolute atomic E-state index is 6.35. The summed E-state index contributed by atoms with van der Waals surface area (Å²) < 4.78 is 13.1. The van der Waals surface area contributed by atoms with Crippen LogP contribution < -0.4 is 5.73 Å². The summed E-state index contributed by atoms with van der Waals surface area (Å²) >= 11 is 0. The summed E-state index contributed by atoms with van der Waals surface area (Å²) in [5.74, 6) is 1.45. The molecule has 3 rings (SSSR count). The maximum atomic E-state index is 6.35. The molecule has 2 N–H and O–H groups in total. The topological polar surface area (TPSA) is 62.3 Å². The molecule has 1 atom stereocenters. The number of nitrogens with zero attached hydrogens (tertiary/aromatic N) is 2. The van der Waals surface area contributed by atoms with E-state index in [1.807, 2.05) is 37.5 Å². The Balaban J connectivity index is 1.91. The monoisotopic (exact) mass is 341 g/mol. The molecule has 1 aliphatic heterocycles. The molecule has 0 bridgehead atoms. The van der Waals surface area contributed by atoms with Gasteiger partial charge in [-0.15, -0.1) is 0 Å². The van der Waals surface area contributed by atoms with Crippen LogP contribution in [-0.2, 0) is 15.9 Å². The number of imidazole rings is 1. The van der Waals surface area contributed by atoms with E-state index >= 15 is 0 Å². The number of benzene rings is 1. The third-order valence-corrected chi connectivity index (χ3v) is 4.76. The van der Waals surface area contributed by atoms with Crippen LogP contribution in [0.3, 0.4) is 0 Å². The van der Waals surface area contributed by atoms with Crippen molar-refractivity contribution in [2.45, 2.75) is 38.2 Å². The van der Waals surface area contributed by atoms with Gasteiger partial charge in [0.25, 0.3) is 0 Å². The Labute approximate surface area is 149 Å². The van der Waals surface area contributed by atoms with Gasteiger partial charge in [0.2, 0.25) is 0 Å². The molecule has 2 heterocycles. The highest BCUT2D eigenvalue weighted by molar-refractivity contribution is 5.38. The molecule has 1 saturated heterocycles. The summed E-state index contributed by atoms with van der Waals surface area (Å²) in [6, 6.07) is 10.3. The number of nitrogens with two attached hydrogens (primary N) is 1. The molecule has 1 aromatic heterocycles. The first-order valence-electron chi connectivity index (χ1n) is 8.86. The molecule has 2 aromatic rings. The molecule has 5 heteroatoms. The summed E-state index contributed by atoms with van der Waals surface area (Å²) in [5.41, 5.74) is 9.39. The molecule has 1 fully saturated rings. The van der Waals surface area contributed by atoms with Crippen LogP contribution in [-0.4, -0.2) is 29.9 Å². The van der Waals surface area contributed by atoms with Gasteiger partial charge in [0.1, 0.15) is 5.82 Å². The number of hydrogen-bond acceptors (Lipinski definition) is 4. The van der Waals surface area contributed by atoms with Gasteiger partial charge in [0, 0.05) is 44.6 Å². The van der Waals surface area contributed by atoms with E-state index in [1.165, 1.54) is 5.56 Å². The predicted molar refractivity (Wildman–Crippen MR) is 99.1 cm³/mol. The first-order chi connectivity index (χ1) is 12.2. The Morgan fingerprint density at radius 1 is 1.36 bits per heavy atom. The van der Waals surface area contributed by atoms with Gasteiger partial charge in [-0.3, -0.25) is 0 Å². The summed E-state index contributed by atoms with van der Waals surface area (Å²) in [5, 5.41) is 0. The summed E-state index contributed by atoms with van der Waals surface area (Å²) in [6.45, 7) is 3.61. The molecule has 0 aliphatic carbocycles. The highest BCUT2D eigenvalue weighted by atomic mass is 16.5. The van der Waals surface area contributed by atoms with Crippen molar-refractivity contribution in [3.8, 4) is 0 Å². The fourth-order valence-electron chi connectivity index (χ4n) is 3.25. The van der Waals surface area contributed by atoms with E-state index < -0.39 is 0 Å². The van der Waals surface area contributed by atoms with Crippen molar-refractivity contribution in [2.24, 2.45) is 5.73 Å². The molecule has 1 unspecified atom stereocenters. The fourth-order valence-corrected chi connectivity index (χ4v) is 3.25. The molecule has 0 spiro atoms. The van der Waals surface area contributed by atoms with E-state index in [9.17, 15) is 0 Å². The maximum Gasteiger partial charge on any atom is 0.116 e. The van der Waals surface area contributed by atoms with Crippen LogP contribution in [0.25, 0.3) is 6.20 Å². The minimum absolute atomic E-state index is 0.0399. The van der Waals surface area contributed by atoms with E-state index in [2.05, 4.69) is 16.7 Å². The Morgan fingerprint density at radius 3 is 2.76 bits per heavy atom. The van der Waals surface area contributed by atoms with E-state index in [-0.39, 0.29) is 6.10 Å². The zero-order chi connectivity index (χ0) is 17.6. The van der Waals surface area contributed by atoms with Crippen LogP contribution in [0.15, 0.2) is 42.2 Å². The average Bonchev–Trinajstić information content (AvgIpc) is 3.06. The van der Waals surface area contributed by atoms with Crippen molar-refractivity contribution in [3.05, 3.63) is 59.3 Å². The molecular weight excluding hydrogens is 314 g/mol. The van der Waals surface area contributed by atoms with Crippen LogP contribution in [0.2, 0.25) is 0 Å². The van der Waals surface area contributed by atoms with Gasteiger partial charge >= 0.3 is 0 Å². The lowest BCUT2D eigenvalue weighted by Crippen LogP contribution is -2.18. The Hall–Kier alpha value is -2.11. The Kier molecular flexibility index (Phi) is 5.89. The van der Waals surface area contributed by atoms with E-state index in [1.54, 1.807) is 7.11 Å². The summed E-state index contributed by atoms with van der Waals surface area (Å²) in [4.78, 5) is 4.70. The molecule has 1 aliphatic rings. The van der Waals surface area contributed by atoms with Crippen molar-refractivity contribution >= 4 is 6.20 Å². The molecule has 5 nitrogen and oxygen atoms in total. The zero-order valence-corrected chi connectivity index (χ0v) is 15.0. The molecule has 0 amide bonds. The van der Waals surface area contributed by atoms with E-state index in [0.29, 0.717) is 12.3 Å². The zero-order valence-electron chi connectivity index (χ0n) is 15.0. The van der Waals surface area contributed by atoms with Crippen molar-refractivity contribution in [1.29, 1.82) is 0 Å². The van der Waals surface area contributed by atoms with Crippen molar-refractivity contribution in [2.75, 3.05) is 20.3 Å². The van der Waals surface area contributed by atoms with Crippen LogP contribution >= 0.6 is 0 Å². The van der Waals surface area contributed by atoms with Gasteiger partial charge in [0.15, 0.2) is 0 Å². The normalized spacial score (nSPS) is 17.6. The van der Waals surface area contributed by atoms with Crippen LogP contribution in [0.1, 0.15) is 48.9 Å². The van der Waals surface area contributed by atoms with E-state index in [0.717, 1.165) is 43.3 Å². The minimum Gasteiger partial charge on any atom is -0.401 e. The molecule has 134 valence electrons. The molecular formula is C20H27N3O2. The highest BCUT2D eigenvalue weighted by Crippen LogP contribution is 2.29. The quantitative estimate of drug-likeness (QED) is 0.874. The van der Waals surface area contributed by atoms with Gasteiger partial charge < -0.3 is 19.8 Å². The van der Waals surface area contributed by atoms with Crippen molar-refractivity contribution < 1.29 is 9.47 Å². The second-order valence-electron chi connectivity index (χ2n) is 6.54. The van der Waals surface area contributed by atoms with Gasteiger partial charge in [-0.25, -0.2) is 4.98 Å². The molecule has 25 heavy (non-hydrogen) atoms. The SMILES string of the molecule is COC(C)c1cnc(C2CCOCC2)n1/C=C(\N)Cc1ccccc1. The first-order valence-corrected chi connectivity index (χ1v) is 8.86. The predicted octanol–water partition coefficient (Wildman–Crippen LogP) is 3.48. The van der Waals surface area contributed by atoms with Crippen molar-refractivity contribution in [1.82, 2.24) is 9.55 Å². The Bertz CT molecular complexity index is 703. The highest BCUT2D eigenvalue weighted by Gasteiger charge is 2.23. The van der Waals surface area contributed by atoms with Gasteiger partial charge in [-0.2, -0.15) is 0 Å². The summed E-state index contributed by atoms with van der Waals surface area (Å²) in [7, 11) is 1.72. The fraction of sp³-hybridized carbons (Fsp3) is 0.450. The first kappa shape index (κ1) is 17.7. The third kappa shape index (κ3) is 4.30. The minimum atomic E-state index is -0.0399. The van der Waals surface area contributed by atoms with Crippen LogP contribution in [0, 0.1) is 0 Å². The number of rotatable bonds is 6. The standard InChI is InChI=1S/C20H27N3O2/c1-15(24-2)19-13-22-20(17-8-10-25-11-9-17)23(19)14-18(21)12-16-6-4-3-5-7-16/h3-7,13-15,17H,8-12,21H2,1-2H3/b18-14-. The molecule has 1 aromatic carbocycles. The lowest BCUT2D eigenvalue weighted by molar-refractivity contribution is 0.0829. The lowest BCUT2D eigenvalue weighted by Gasteiger charge is -2.23. The number of ether oxygens (including phenoxy) is 2. The number of allylic oxidation sites excluding steroid dienone is 1. The van der Waals surface area contributed by atoms with Gasteiger partial charge in [-0.05, 0) is 25.3 Å². The largest absolute Gasteiger partial charge is 0.401 e. The lowest BCUT2D eigenvalue weighted by atomic mass is 9.99. The number of aromatic nitrogens is 2. The number of methoxy groups -OCH3 is 1. The number of hydrogen-bond donors (Lipinski definition) is 1. The van der Waals surface area contributed by atoms with Gasteiger partial charge in [-0.1, -0.05) is 30.3 Å². The van der Waals surface area contributed by atoms with Crippen LogP contribution in [0.4, 0.5) is 0 Å². The summed E-state index contributed by atoms with van der Waals surface area (Å²) in [6.07, 6.45) is 6.57. The van der Waals surface area contributed by atoms with Crippen LogP contribution in [0.5, 0.6) is 0 Å². The average molecular weight is 341 g/mol. The van der Waals surface area contributed by atoms with Gasteiger partial charge in [0.05, 0.1) is 18.0 Å². The van der Waals surface area contributed by atoms with E-state index in [4.69, 9.17) is 20.2 Å². The van der Waals surface area contributed by atoms with Crippen molar-refractivity contribution in [3.63, 3.8) is 0 Å².